The molecule has 2 aromatic carbocycles. The van der Waals surface area contributed by atoms with Crippen LogP contribution in [-0.4, -0.2) is 52.9 Å². The molecule has 2 aromatic heterocycles. The fourth-order valence-electron chi connectivity index (χ4n) is 5.06. The maximum atomic E-state index is 5.59. The lowest BCUT2D eigenvalue weighted by Crippen LogP contribution is -2.47. The Hall–Kier alpha value is -3.61. The average molecular weight is 441 g/mol. The van der Waals surface area contributed by atoms with Crippen LogP contribution in [0.5, 0.6) is 5.75 Å². The Morgan fingerprint density at radius 1 is 0.848 bits per heavy atom. The summed E-state index contributed by atoms with van der Waals surface area (Å²) in [5.41, 5.74) is 5.94. The predicted molar refractivity (Wildman–Crippen MR) is 130 cm³/mol. The van der Waals surface area contributed by atoms with Gasteiger partial charge in [0, 0.05) is 37.3 Å². The summed E-state index contributed by atoms with van der Waals surface area (Å²) < 4.78 is 7.58. The Morgan fingerprint density at radius 2 is 1.61 bits per heavy atom. The van der Waals surface area contributed by atoms with Gasteiger partial charge in [-0.15, -0.1) is 5.10 Å². The minimum atomic E-state index is 0.702. The number of hydrogen-bond donors (Lipinski definition) is 0. The lowest BCUT2D eigenvalue weighted by Gasteiger charge is -2.38. The molecule has 0 bridgehead atoms. The molecule has 1 fully saturated rings. The SMILES string of the molecule is COc1ccccc1N1CCN(c2c3c(nc4nc(-c5ccc(C)cc5)nn24)CCC3)CC1. The molecule has 33 heavy (non-hydrogen) atoms. The number of ether oxygens (including phenoxy) is 1. The van der Waals surface area contributed by atoms with E-state index in [4.69, 9.17) is 19.8 Å². The summed E-state index contributed by atoms with van der Waals surface area (Å²) in [6.45, 7) is 5.79. The quantitative estimate of drug-likeness (QED) is 0.479. The van der Waals surface area contributed by atoms with Crippen molar-refractivity contribution in [2.75, 3.05) is 43.1 Å². The number of anilines is 2. The third-order valence-electron chi connectivity index (χ3n) is 6.80. The zero-order chi connectivity index (χ0) is 22.4. The second-order valence-corrected chi connectivity index (χ2v) is 8.87. The van der Waals surface area contributed by atoms with Crippen LogP contribution in [0.2, 0.25) is 0 Å². The first-order valence-electron chi connectivity index (χ1n) is 11.7. The number of aryl methyl sites for hydroxylation is 2. The molecule has 1 saturated heterocycles. The monoisotopic (exact) mass is 440 g/mol. The molecule has 7 heteroatoms. The fraction of sp³-hybridized carbons (Fsp3) is 0.346. The molecule has 0 saturated carbocycles. The summed E-state index contributed by atoms with van der Waals surface area (Å²) in [5, 5.41) is 4.94. The van der Waals surface area contributed by atoms with Gasteiger partial charge in [0.2, 0.25) is 0 Å². The van der Waals surface area contributed by atoms with Crippen molar-refractivity contribution in [1.29, 1.82) is 0 Å². The van der Waals surface area contributed by atoms with Gasteiger partial charge in [-0.3, -0.25) is 0 Å². The number of fused-ring (bicyclic) bond motifs is 2. The summed E-state index contributed by atoms with van der Waals surface area (Å²) in [6, 6.07) is 16.6. The molecule has 2 aliphatic rings. The first-order chi connectivity index (χ1) is 16.2. The Labute approximate surface area is 193 Å². The van der Waals surface area contributed by atoms with Gasteiger partial charge < -0.3 is 14.5 Å². The third kappa shape index (κ3) is 3.48. The topological polar surface area (TPSA) is 58.8 Å². The van der Waals surface area contributed by atoms with Crippen molar-refractivity contribution in [2.24, 2.45) is 0 Å². The van der Waals surface area contributed by atoms with Crippen LogP contribution in [0.4, 0.5) is 11.5 Å². The van der Waals surface area contributed by atoms with Crippen LogP contribution in [0.1, 0.15) is 23.2 Å². The van der Waals surface area contributed by atoms with Gasteiger partial charge in [-0.05, 0) is 38.3 Å². The van der Waals surface area contributed by atoms with Crippen LogP contribution < -0.4 is 14.5 Å². The number of rotatable bonds is 4. The molecule has 7 nitrogen and oxygen atoms in total. The molecule has 4 aromatic rings. The van der Waals surface area contributed by atoms with Crippen molar-refractivity contribution in [2.45, 2.75) is 26.2 Å². The third-order valence-corrected chi connectivity index (χ3v) is 6.80. The molecular weight excluding hydrogens is 412 g/mol. The van der Waals surface area contributed by atoms with Crippen LogP contribution in [-0.2, 0) is 12.8 Å². The second-order valence-electron chi connectivity index (χ2n) is 8.87. The lowest BCUT2D eigenvalue weighted by atomic mass is 10.1. The molecule has 0 atom stereocenters. The van der Waals surface area contributed by atoms with E-state index in [9.17, 15) is 0 Å². The number of benzene rings is 2. The normalized spacial score (nSPS) is 15.8. The van der Waals surface area contributed by atoms with Gasteiger partial charge in [-0.25, -0.2) is 4.98 Å². The lowest BCUT2D eigenvalue weighted by molar-refractivity contribution is 0.413. The van der Waals surface area contributed by atoms with Crippen molar-refractivity contribution < 1.29 is 4.74 Å². The summed E-state index contributed by atoms with van der Waals surface area (Å²) in [6.07, 6.45) is 3.22. The first-order valence-corrected chi connectivity index (χ1v) is 11.7. The highest BCUT2D eigenvalue weighted by molar-refractivity contribution is 5.63. The molecule has 1 aliphatic heterocycles. The van der Waals surface area contributed by atoms with E-state index < -0.39 is 0 Å². The second kappa shape index (κ2) is 8.06. The first kappa shape index (κ1) is 20.0. The van der Waals surface area contributed by atoms with E-state index in [0.29, 0.717) is 5.78 Å². The van der Waals surface area contributed by atoms with E-state index >= 15 is 0 Å². The van der Waals surface area contributed by atoms with Gasteiger partial charge in [0.25, 0.3) is 5.78 Å². The standard InChI is InChI=1S/C26H28N6O/c1-18-10-12-19(13-11-18)24-28-26-27-21-7-5-6-20(21)25(32(26)29-24)31-16-14-30(15-17-31)22-8-3-4-9-23(22)33-2/h3-4,8-13H,5-7,14-17H2,1-2H3. The van der Waals surface area contributed by atoms with Crippen molar-refractivity contribution in [3.63, 3.8) is 0 Å². The molecule has 0 amide bonds. The van der Waals surface area contributed by atoms with E-state index in [-0.39, 0.29) is 0 Å². The minimum Gasteiger partial charge on any atom is -0.495 e. The molecule has 3 heterocycles. The molecule has 0 spiro atoms. The smallest absolute Gasteiger partial charge is 0.254 e. The van der Waals surface area contributed by atoms with E-state index in [2.05, 4.69) is 53.1 Å². The highest BCUT2D eigenvalue weighted by atomic mass is 16.5. The van der Waals surface area contributed by atoms with E-state index in [1.54, 1.807) is 7.11 Å². The van der Waals surface area contributed by atoms with Crippen molar-refractivity contribution >= 4 is 17.3 Å². The van der Waals surface area contributed by atoms with Gasteiger partial charge in [0.1, 0.15) is 11.6 Å². The maximum Gasteiger partial charge on any atom is 0.254 e. The highest BCUT2D eigenvalue weighted by Gasteiger charge is 2.28. The molecule has 0 radical (unpaired) electrons. The van der Waals surface area contributed by atoms with Gasteiger partial charge in [-0.2, -0.15) is 9.50 Å². The molecule has 0 unspecified atom stereocenters. The van der Waals surface area contributed by atoms with Crippen molar-refractivity contribution in [1.82, 2.24) is 19.6 Å². The van der Waals surface area contributed by atoms with Gasteiger partial charge in [-0.1, -0.05) is 42.0 Å². The van der Waals surface area contributed by atoms with Crippen LogP contribution in [0, 0.1) is 6.92 Å². The zero-order valence-electron chi connectivity index (χ0n) is 19.2. The minimum absolute atomic E-state index is 0.702. The van der Waals surface area contributed by atoms with Crippen LogP contribution in [0.25, 0.3) is 17.2 Å². The van der Waals surface area contributed by atoms with Crippen molar-refractivity contribution in [3.05, 3.63) is 65.4 Å². The zero-order valence-corrected chi connectivity index (χ0v) is 19.2. The van der Waals surface area contributed by atoms with E-state index in [1.807, 2.05) is 16.6 Å². The number of hydrogen-bond acceptors (Lipinski definition) is 6. The van der Waals surface area contributed by atoms with Gasteiger partial charge in [0.15, 0.2) is 5.82 Å². The molecular formula is C26H28N6O. The van der Waals surface area contributed by atoms with Crippen LogP contribution >= 0.6 is 0 Å². The highest BCUT2D eigenvalue weighted by Crippen LogP contribution is 2.34. The summed E-state index contributed by atoms with van der Waals surface area (Å²) >= 11 is 0. The molecule has 1 aliphatic carbocycles. The predicted octanol–water partition coefficient (Wildman–Crippen LogP) is 3.92. The number of nitrogens with zero attached hydrogens (tertiary/aromatic N) is 6. The Bertz CT molecular complexity index is 1300. The van der Waals surface area contributed by atoms with Crippen LogP contribution in [0.3, 0.4) is 0 Å². The number of aromatic nitrogens is 4. The average Bonchev–Trinajstić information content (AvgIpc) is 3.50. The Kier molecular flexibility index (Phi) is 4.89. The molecule has 168 valence electrons. The summed E-state index contributed by atoms with van der Waals surface area (Å²) in [7, 11) is 1.74. The number of piperazine rings is 1. The number of para-hydroxylation sites is 2. The fourth-order valence-corrected chi connectivity index (χ4v) is 5.06. The molecule has 0 N–H and O–H groups in total. The van der Waals surface area contributed by atoms with Gasteiger partial charge in [0.05, 0.1) is 18.5 Å². The molecule has 6 rings (SSSR count). The summed E-state index contributed by atoms with van der Waals surface area (Å²) in [4.78, 5) is 14.6. The summed E-state index contributed by atoms with van der Waals surface area (Å²) in [5.74, 6) is 3.55. The van der Waals surface area contributed by atoms with E-state index in [0.717, 1.165) is 68.3 Å². The largest absolute Gasteiger partial charge is 0.495 e. The Balaban J connectivity index is 1.35. The van der Waals surface area contributed by atoms with Crippen LogP contribution in [0.15, 0.2) is 48.5 Å². The Morgan fingerprint density at radius 3 is 2.39 bits per heavy atom. The maximum absolute atomic E-state index is 5.59. The van der Waals surface area contributed by atoms with Crippen molar-refractivity contribution in [3.8, 4) is 17.1 Å². The van der Waals surface area contributed by atoms with E-state index in [1.165, 1.54) is 22.6 Å². The van der Waals surface area contributed by atoms with Gasteiger partial charge >= 0.3 is 0 Å². The number of methoxy groups -OCH3 is 1.